The summed E-state index contributed by atoms with van der Waals surface area (Å²) >= 11 is 6.23. The van der Waals surface area contributed by atoms with Crippen LogP contribution in [0.25, 0.3) is 11.0 Å². The molecular formula is C20H18ClFN2O7S. The molecule has 0 spiro atoms. The van der Waals surface area contributed by atoms with Gasteiger partial charge in [-0.05, 0) is 36.2 Å². The molecule has 0 saturated heterocycles. The van der Waals surface area contributed by atoms with Gasteiger partial charge >= 0.3 is 11.7 Å². The Balaban J connectivity index is 2.07. The van der Waals surface area contributed by atoms with E-state index in [1.807, 2.05) is 0 Å². The van der Waals surface area contributed by atoms with Crippen LogP contribution < -0.4 is 15.2 Å². The first-order valence-electron chi connectivity index (χ1n) is 9.04. The van der Waals surface area contributed by atoms with Gasteiger partial charge in [-0.15, -0.1) is 0 Å². The van der Waals surface area contributed by atoms with Crippen LogP contribution in [0.15, 0.2) is 44.4 Å². The Labute approximate surface area is 187 Å². The highest BCUT2D eigenvalue weighted by atomic mass is 35.5. The fraction of sp³-hybridized carbons (Fsp3) is 0.200. The molecule has 0 aliphatic rings. The third-order valence-electron chi connectivity index (χ3n) is 4.69. The normalized spacial score (nSPS) is 11.6. The van der Waals surface area contributed by atoms with E-state index in [0.29, 0.717) is 10.9 Å². The van der Waals surface area contributed by atoms with Crippen LogP contribution in [0.3, 0.4) is 0 Å². The van der Waals surface area contributed by atoms with Gasteiger partial charge in [0, 0.05) is 37.5 Å². The number of rotatable bonds is 5. The van der Waals surface area contributed by atoms with Gasteiger partial charge in [0.05, 0.1) is 5.02 Å². The fourth-order valence-corrected chi connectivity index (χ4v) is 3.91. The van der Waals surface area contributed by atoms with Crippen LogP contribution in [-0.4, -0.2) is 38.7 Å². The van der Waals surface area contributed by atoms with Crippen LogP contribution in [0, 0.1) is 12.7 Å². The highest BCUT2D eigenvalue weighted by molar-refractivity contribution is 7.89. The van der Waals surface area contributed by atoms with Crippen molar-refractivity contribution in [3.05, 3.63) is 68.3 Å². The molecule has 0 fully saturated rings. The number of ether oxygens (including phenoxy) is 1. The number of nitrogens with zero attached hydrogens (tertiary/aromatic N) is 1. The Kier molecular flexibility index (Phi) is 6.56. The summed E-state index contributed by atoms with van der Waals surface area (Å²) in [6.07, 6.45) is -0.741. The molecule has 170 valence electrons. The number of sulfonamides is 1. The van der Waals surface area contributed by atoms with Crippen LogP contribution in [0.2, 0.25) is 5.02 Å². The summed E-state index contributed by atoms with van der Waals surface area (Å²) < 4.78 is 48.0. The molecule has 1 aromatic heterocycles. The van der Waals surface area contributed by atoms with Crippen LogP contribution >= 0.6 is 11.6 Å². The summed E-state index contributed by atoms with van der Waals surface area (Å²) in [4.78, 5) is 25.9. The minimum Gasteiger partial charge on any atom is -0.422 e. The van der Waals surface area contributed by atoms with Crippen molar-refractivity contribution in [2.24, 2.45) is 0 Å². The van der Waals surface area contributed by atoms with E-state index in [1.165, 1.54) is 37.2 Å². The molecule has 9 nitrogen and oxygen atoms in total. The SMILES string of the molecule is Cc1c(Cc2ccc(F)c(S(=O)(=O)NO)c2)c(=O)oc2cc(OC(=O)N(C)C)c(Cl)cc12. The second-order valence-electron chi connectivity index (χ2n) is 7.07. The first-order valence-corrected chi connectivity index (χ1v) is 10.9. The van der Waals surface area contributed by atoms with Gasteiger partial charge < -0.3 is 19.3 Å². The number of hydrogen-bond acceptors (Lipinski definition) is 7. The van der Waals surface area contributed by atoms with Crippen molar-refractivity contribution in [3.8, 4) is 5.75 Å². The molecule has 0 aliphatic carbocycles. The monoisotopic (exact) mass is 484 g/mol. The van der Waals surface area contributed by atoms with E-state index in [9.17, 15) is 22.4 Å². The second kappa shape index (κ2) is 8.87. The van der Waals surface area contributed by atoms with Gasteiger partial charge in [0.25, 0.3) is 10.0 Å². The van der Waals surface area contributed by atoms with Crippen LogP contribution in [-0.2, 0) is 16.4 Å². The Bertz CT molecular complexity index is 1390. The van der Waals surface area contributed by atoms with Crippen LogP contribution in [0.4, 0.5) is 9.18 Å². The summed E-state index contributed by atoms with van der Waals surface area (Å²) in [5.41, 5.74) is 0.402. The molecule has 2 N–H and O–H groups in total. The maximum Gasteiger partial charge on any atom is 0.414 e. The minimum atomic E-state index is -4.46. The van der Waals surface area contributed by atoms with Crippen LogP contribution in [0.5, 0.6) is 5.75 Å². The van der Waals surface area contributed by atoms with Gasteiger partial charge in [-0.1, -0.05) is 22.6 Å². The number of carbonyl (C=O) groups excluding carboxylic acids is 1. The molecule has 0 unspecified atom stereocenters. The third-order valence-corrected chi connectivity index (χ3v) is 6.12. The molecule has 0 aliphatic heterocycles. The van der Waals surface area contributed by atoms with E-state index in [0.717, 1.165) is 17.0 Å². The first kappa shape index (κ1) is 23.7. The maximum absolute atomic E-state index is 13.9. The number of carbonyl (C=O) groups is 1. The Morgan fingerprint density at radius 3 is 2.59 bits per heavy atom. The molecule has 0 saturated carbocycles. The summed E-state index contributed by atoms with van der Waals surface area (Å²) in [6.45, 7) is 1.65. The zero-order chi connectivity index (χ0) is 23.8. The van der Waals surface area contributed by atoms with E-state index in [-0.39, 0.29) is 33.9 Å². The fourth-order valence-electron chi connectivity index (χ4n) is 2.97. The first-order chi connectivity index (χ1) is 14.9. The quantitative estimate of drug-likeness (QED) is 0.420. The average Bonchev–Trinajstić information content (AvgIpc) is 2.73. The Hall–Kier alpha value is -2.99. The molecule has 1 heterocycles. The molecule has 0 radical (unpaired) electrons. The lowest BCUT2D eigenvalue weighted by Gasteiger charge is -2.13. The van der Waals surface area contributed by atoms with Crippen molar-refractivity contribution in [2.75, 3.05) is 14.1 Å². The summed E-state index contributed by atoms with van der Waals surface area (Å²) in [7, 11) is -1.47. The van der Waals surface area contributed by atoms with E-state index in [4.69, 9.17) is 26.0 Å². The maximum atomic E-state index is 13.9. The van der Waals surface area contributed by atoms with Crippen molar-refractivity contribution < 1.29 is 32.0 Å². The highest BCUT2D eigenvalue weighted by Crippen LogP contribution is 2.32. The van der Waals surface area contributed by atoms with E-state index in [2.05, 4.69) is 0 Å². The zero-order valence-corrected chi connectivity index (χ0v) is 18.7. The zero-order valence-electron chi connectivity index (χ0n) is 17.1. The van der Waals surface area contributed by atoms with Gasteiger partial charge in [0.15, 0.2) is 5.75 Å². The van der Waals surface area contributed by atoms with E-state index >= 15 is 0 Å². The van der Waals surface area contributed by atoms with Crippen molar-refractivity contribution in [1.82, 2.24) is 9.79 Å². The number of nitrogens with one attached hydrogen (secondary N) is 1. The molecule has 32 heavy (non-hydrogen) atoms. The van der Waals surface area contributed by atoms with Crippen molar-refractivity contribution in [2.45, 2.75) is 18.2 Å². The Morgan fingerprint density at radius 1 is 1.28 bits per heavy atom. The minimum absolute atomic E-state index is 0.0121. The lowest BCUT2D eigenvalue weighted by atomic mass is 9.99. The van der Waals surface area contributed by atoms with Crippen LogP contribution in [0.1, 0.15) is 16.7 Å². The molecular weight excluding hydrogens is 467 g/mol. The van der Waals surface area contributed by atoms with Gasteiger partial charge in [0.2, 0.25) is 0 Å². The van der Waals surface area contributed by atoms with Gasteiger partial charge in [0.1, 0.15) is 16.3 Å². The number of amides is 1. The molecule has 3 rings (SSSR count). The number of hydrogen-bond donors (Lipinski definition) is 2. The number of fused-ring (bicyclic) bond motifs is 1. The number of aryl methyl sites for hydroxylation is 1. The number of halogens is 2. The van der Waals surface area contributed by atoms with E-state index in [1.54, 1.807) is 6.92 Å². The standard InChI is InChI=1S/C20H18ClFN2O7S/c1-10-12-8-14(21)17(31-20(26)24(2)3)9-16(12)30-19(25)13(10)6-11-4-5-15(22)18(7-11)32(28,29)23-27/h4-5,7-9,23,27H,6H2,1-3H3. The molecule has 1 amide bonds. The third kappa shape index (κ3) is 4.60. The second-order valence-corrected chi connectivity index (χ2v) is 9.11. The predicted octanol–water partition coefficient (Wildman–Crippen LogP) is 3.21. The van der Waals surface area contributed by atoms with Gasteiger partial charge in [-0.25, -0.2) is 22.4 Å². The topological polar surface area (TPSA) is 126 Å². The average molecular weight is 485 g/mol. The molecule has 0 atom stereocenters. The van der Waals surface area contributed by atoms with Crippen molar-refractivity contribution in [3.63, 3.8) is 0 Å². The smallest absolute Gasteiger partial charge is 0.414 e. The van der Waals surface area contributed by atoms with Crippen molar-refractivity contribution >= 4 is 38.7 Å². The lowest BCUT2D eigenvalue weighted by Crippen LogP contribution is -2.25. The molecule has 2 aromatic carbocycles. The summed E-state index contributed by atoms with van der Waals surface area (Å²) in [5.74, 6) is -1.05. The highest BCUT2D eigenvalue weighted by Gasteiger charge is 2.21. The van der Waals surface area contributed by atoms with Gasteiger partial charge in [-0.3, -0.25) is 0 Å². The lowest BCUT2D eigenvalue weighted by molar-refractivity contribution is 0.172. The molecule has 0 bridgehead atoms. The molecule has 12 heteroatoms. The summed E-state index contributed by atoms with van der Waals surface area (Å²) in [5, 5.41) is 9.36. The Morgan fingerprint density at radius 2 is 1.97 bits per heavy atom. The van der Waals surface area contributed by atoms with E-state index < -0.39 is 32.5 Å². The largest absolute Gasteiger partial charge is 0.422 e. The summed E-state index contributed by atoms with van der Waals surface area (Å²) in [6, 6.07) is 6.04. The van der Waals surface area contributed by atoms with Gasteiger partial charge in [-0.2, -0.15) is 0 Å². The molecule has 3 aromatic rings. The number of benzene rings is 2. The van der Waals surface area contributed by atoms with Crippen molar-refractivity contribution in [1.29, 1.82) is 0 Å². The predicted molar refractivity (Wildman–Crippen MR) is 113 cm³/mol.